The normalized spacial score (nSPS) is 10.6. The van der Waals surface area contributed by atoms with E-state index in [1.54, 1.807) is 6.92 Å². The number of ketones is 1. The molecule has 0 radical (unpaired) electrons. The minimum atomic E-state index is 0.113. The van der Waals surface area contributed by atoms with E-state index in [0.717, 1.165) is 28.0 Å². The molecule has 0 bridgehead atoms. The molecule has 18 heavy (non-hydrogen) atoms. The average molecular weight is 307 g/mol. The second-order valence-electron chi connectivity index (χ2n) is 4.30. The Labute approximate surface area is 115 Å². The van der Waals surface area contributed by atoms with E-state index < -0.39 is 0 Å². The summed E-state index contributed by atoms with van der Waals surface area (Å²) in [5, 5.41) is 0. The molecule has 0 aliphatic heterocycles. The molecule has 0 spiro atoms. The van der Waals surface area contributed by atoms with Crippen molar-refractivity contribution in [2.24, 2.45) is 0 Å². The minimum Gasteiger partial charge on any atom is -0.461 e. The van der Waals surface area contributed by atoms with Gasteiger partial charge in [0.2, 0.25) is 0 Å². The summed E-state index contributed by atoms with van der Waals surface area (Å²) in [5.41, 5.74) is 2.32. The minimum absolute atomic E-state index is 0.113. The lowest BCUT2D eigenvalue weighted by atomic mass is 10.0. The first kappa shape index (κ1) is 13.1. The van der Waals surface area contributed by atoms with Crippen LogP contribution in [0.4, 0.5) is 0 Å². The number of halogens is 1. The number of hydrogen-bond donors (Lipinski definition) is 0. The lowest BCUT2D eigenvalue weighted by Gasteiger charge is -2.05. The van der Waals surface area contributed by atoms with Crippen molar-refractivity contribution in [1.29, 1.82) is 0 Å². The first-order valence-corrected chi connectivity index (χ1v) is 6.76. The smallest absolute Gasteiger partial charge is 0.137 e. The van der Waals surface area contributed by atoms with Crippen LogP contribution in [-0.4, -0.2) is 5.78 Å². The lowest BCUT2D eigenvalue weighted by Crippen LogP contribution is -1.93. The first-order chi connectivity index (χ1) is 8.60. The van der Waals surface area contributed by atoms with Crippen molar-refractivity contribution in [3.8, 4) is 11.3 Å². The van der Waals surface area contributed by atoms with E-state index in [2.05, 4.69) is 28.9 Å². The van der Waals surface area contributed by atoms with Gasteiger partial charge in [-0.3, -0.25) is 4.79 Å². The average Bonchev–Trinajstić information content (AvgIpc) is 2.76. The van der Waals surface area contributed by atoms with Gasteiger partial charge in [-0.2, -0.15) is 0 Å². The van der Waals surface area contributed by atoms with Crippen LogP contribution in [0, 0.1) is 0 Å². The van der Waals surface area contributed by atoms with Crippen molar-refractivity contribution in [2.45, 2.75) is 26.7 Å². The quantitative estimate of drug-likeness (QED) is 0.838. The molecule has 1 aromatic heterocycles. The molecule has 0 unspecified atom stereocenters. The summed E-state index contributed by atoms with van der Waals surface area (Å²) in [6.45, 7) is 3.68. The molecule has 2 rings (SSSR count). The second-order valence-corrected chi connectivity index (χ2v) is 5.22. The van der Waals surface area contributed by atoms with Gasteiger partial charge in [0.15, 0.2) is 0 Å². The molecule has 0 fully saturated rings. The summed E-state index contributed by atoms with van der Waals surface area (Å²) in [6, 6.07) is 9.95. The Morgan fingerprint density at radius 2 is 2.06 bits per heavy atom. The molecule has 0 atom stereocenters. The third-order valence-corrected chi connectivity index (χ3v) is 3.29. The van der Waals surface area contributed by atoms with Crippen molar-refractivity contribution < 1.29 is 9.21 Å². The maximum absolute atomic E-state index is 11.1. The predicted molar refractivity (Wildman–Crippen MR) is 75.6 cm³/mol. The zero-order chi connectivity index (χ0) is 13.1. The molecule has 0 aliphatic carbocycles. The highest BCUT2D eigenvalue weighted by molar-refractivity contribution is 9.10. The molecule has 1 aromatic carbocycles. The highest BCUT2D eigenvalue weighted by atomic mass is 79.9. The van der Waals surface area contributed by atoms with E-state index in [-0.39, 0.29) is 5.78 Å². The summed E-state index contributed by atoms with van der Waals surface area (Å²) in [6.07, 6.45) is 1.30. The zero-order valence-corrected chi connectivity index (χ0v) is 12.1. The molecule has 2 aromatic rings. The van der Waals surface area contributed by atoms with Crippen molar-refractivity contribution >= 4 is 21.7 Å². The lowest BCUT2D eigenvalue weighted by molar-refractivity contribution is -0.116. The Morgan fingerprint density at radius 1 is 1.28 bits per heavy atom. The van der Waals surface area contributed by atoms with Gasteiger partial charge in [-0.15, -0.1) is 0 Å². The molecular weight excluding hydrogens is 292 g/mol. The van der Waals surface area contributed by atoms with Crippen molar-refractivity contribution in [2.75, 3.05) is 0 Å². The fourth-order valence-corrected chi connectivity index (χ4v) is 2.37. The van der Waals surface area contributed by atoms with Crippen LogP contribution in [0.15, 0.2) is 39.2 Å². The fourth-order valence-electron chi connectivity index (χ4n) is 1.96. The number of aryl methyl sites for hydroxylation is 1. The zero-order valence-electron chi connectivity index (χ0n) is 10.5. The van der Waals surface area contributed by atoms with E-state index in [0.29, 0.717) is 6.42 Å². The van der Waals surface area contributed by atoms with E-state index >= 15 is 0 Å². The van der Waals surface area contributed by atoms with Crippen molar-refractivity contribution in [3.63, 3.8) is 0 Å². The van der Waals surface area contributed by atoms with Gasteiger partial charge in [-0.1, -0.05) is 22.9 Å². The Balaban J connectivity index is 2.36. The van der Waals surface area contributed by atoms with E-state index in [1.807, 2.05) is 24.3 Å². The Morgan fingerprint density at radius 3 is 2.72 bits per heavy atom. The van der Waals surface area contributed by atoms with Crippen LogP contribution in [0.3, 0.4) is 0 Å². The molecule has 0 amide bonds. The predicted octanol–water partition coefficient (Wildman–Crippen LogP) is 4.40. The van der Waals surface area contributed by atoms with Crippen LogP contribution in [-0.2, 0) is 17.6 Å². The highest BCUT2D eigenvalue weighted by Crippen LogP contribution is 2.28. The first-order valence-electron chi connectivity index (χ1n) is 5.97. The molecular formula is C15H15BrO2. The summed E-state index contributed by atoms with van der Waals surface area (Å²) in [7, 11) is 0. The third-order valence-electron chi connectivity index (χ3n) is 2.80. The van der Waals surface area contributed by atoms with E-state index in [4.69, 9.17) is 4.42 Å². The van der Waals surface area contributed by atoms with Crippen LogP contribution in [0.2, 0.25) is 0 Å². The highest BCUT2D eigenvalue weighted by Gasteiger charge is 2.10. The standard InChI is InChI=1S/C15H15BrO2/c1-3-11-9-12(16)4-6-14(11)15-7-5-13(18-15)8-10(2)17/h4-7,9H,3,8H2,1-2H3. The number of benzene rings is 1. The van der Waals surface area contributed by atoms with Gasteiger partial charge in [-0.05, 0) is 49.2 Å². The maximum Gasteiger partial charge on any atom is 0.137 e. The molecule has 0 aliphatic rings. The van der Waals surface area contributed by atoms with Gasteiger partial charge in [0.1, 0.15) is 17.3 Å². The number of furan rings is 1. The van der Waals surface area contributed by atoms with Crippen LogP contribution < -0.4 is 0 Å². The van der Waals surface area contributed by atoms with Crippen LogP contribution in [0.5, 0.6) is 0 Å². The summed E-state index contributed by atoms with van der Waals surface area (Å²) < 4.78 is 6.79. The Bertz CT molecular complexity index is 570. The molecule has 0 saturated heterocycles. The SMILES string of the molecule is CCc1cc(Br)ccc1-c1ccc(CC(C)=O)o1. The number of carbonyl (C=O) groups is 1. The van der Waals surface area contributed by atoms with Gasteiger partial charge in [0, 0.05) is 10.0 Å². The Kier molecular flexibility index (Phi) is 4.02. The fraction of sp³-hybridized carbons (Fsp3) is 0.267. The number of Topliss-reactive ketones (excluding diaryl/α,β-unsaturated/α-hetero) is 1. The number of hydrogen-bond acceptors (Lipinski definition) is 2. The van der Waals surface area contributed by atoms with Crippen molar-refractivity contribution in [3.05, 3.63) is 46.1 Å². The van der Waals surface area contributed by atoms with Crippen molar-refractivity contribution in [1.82, 2.24) is 0 Å². The van der Waals surface area contributed by atoms with Crippen LogP contribution in [0.25, 0.3) is 11.3 Å². The molecule has 2 nitrogen and oxygen atoms in total. The summed E-state index contributed by atoms with van der Waals surface area (Å²) >= 11 is 3.47. The van der Waals surface area contributed by atoms with Gasteiger partial charge in [0.25, 0.3) is 0 Å². The summed E-state index contributed by atoms with van der Waals surface area (Å²) in [4.78, 5) is 11.1. The second kappa shape index (κ2) is 5.53. The van der Waals surface area contributed by atoms with Gasteiger partial charge < -0.3 is 4.42 Å². The molecule has 1 heterocycles. The molecule has 0 saturated carbocycles. The molecule has 3 heteroatoms. The van der Waals surface area contributed by atoms with Crippen LogP contribution >= 0.6 is 15.9 Å². The molecule has 0 N–H and O–H groups in total. The monoisotopic (exact) mass is 306 g/mol. The third kappa shape index (κ3) is 2.91. The largest absolute Gasteiger partial charge is 0.461 e. The maximum atomic E-state index is 11.1. The summed E-state index contributed by atoms with van der Waals surface area (Å²) in [5.74, 6) is 1.67. The van der Waals surface area contributed by atoms with Gasteiger partial charge in [-0.25, -0.2) is 0 Å². The molecule has 94 valence electrons. The van der Waals surface area contributed by atoms with Crippen LogP contribution in [0.1, 0.15) is 25.2 Å². The van der Waals surface area contributed by atoms with Gasteiger partial charge in [0.05, 0.1) is 6.42 Å². The topological polar surface area (TPSA) is 30.2 Å². The van der Waals surface area contributed by atoms with Gasteiger partial charge >= 0.3 is 0 Å². The Hall–Kier alpha value is -1.35. The number of carbonyl (C=O) groups excluding carboxylic acids is 1. The van der Waals surface area contributed by atoms with E-state index in [9.17, 15) is 4.79 Å². The van der Waals surface area contributed by atoms with E-state index in [1.165, 1.54) is 5.56 Å². The number of rotatable bonds is 4.